The molecule has 0 unspecified atom stereocenters. The van der Waals surface area contributed by atoms with Crippen LogP contribution < -0.4 is 10.6 Å². The number of aryl methyl sites for hydroxylation is 2. The maximum absolute atomic E-state index is 12.3. The zero-order chi connectivity index (χ0) is 17.1. The van der Waals surface area contributed by atoms with Crippen molar-refractivity contribution in [3.63, 3.8) is 0 Å². The predicted molar refractivity (Wildman–Crippen MR) is 104 cm³/mol. The molecule has 24 heavy (non-hydrogen) atoms. The van der Waals surface area contributed by atoms with Crippen molar-refractivity contribution in [1.29, 1.82) is 0 Å². The van der Waals surface area contributed by atoms with Crippen LogP contribution >= 0.6 is 12.2 Å². The first-order chi connectivity index (χ1) is 11.5. The zero-order valence-electron chi connectivity index (χ0n) is 13.6. The number of fused-ring (bicyclic) bond motifs is 1. The molecule has 0 saturated carbocycles. The molecule has 0 radical (unpaired) electrons. The largest absolute Gasteiger partial charge is 0.332 e. The first-order valence-corrected chi connectivity index (χ1v) is 8.13. The van der Waals surface area contributed by atoms with E-state index in [2.05, 4.69) is 10.6 Å². The van der Waals surface area contributed by atoms with E-state index in [-0.39, 0.29) is 11.0 Å². The molecule has 0 spiro atoms. The highest BCUT2D eigenvalue weighted by Crippen LogP contribution is 2.22. The van der Waals surface area contributed by atoms with Gasteiger partial charge in [0.15, 0.2) is 5.11 Å². The Morgan fingerprint density at radius 1 is 0.917 bits per heavy atom. The summed E-state index contributed by atoms with van der Waals surface area (Å²) >= 11 is 5.29. The standard InChI is InChI=1S/C20H18N2OS/c1-13-10-11-16(12-14(13)2)19(23)22-20(24)21-18-9-5-7-15-6-3-4-8-17(15)18/h3-12H,1-2H3,(H2,21,22,23,24). The number of rotatable bonds is 2. The van der Waals surface area contributed by atoms with Gasteiger partial charge in [-0.15, -0.1) is 0 Å². The highest BCUT2D eigenvalue weighted by atomic mass is 32.1. The van der Waals surface area contributed by atoms with Gasteiger partial charge in [-0.2, -0.15) is 0 Å². The summed E-state index contributed by atoms with van der Waals surface area (Å²) in [6.45, 7) is 4.00. The number of carbonyl (C=O) groups is 1. The van der Waals surface area contributed by atoms with E-state index < -0.39 is 0 Å². The quantitative estimate of drug-likeness (QED) is 0.674. The third kappa shape index (κ3) is 3.44. The van der Waals surface area contributed by atoms with Gasteiger partial charge in [-0.1, -0.05) is 42.5 Å². The summed E-state index contributed by atoms with van der Waals surface area (Å²) in [5.74, 6) is -0.212. The lowest BCUT2D eigenvalue weighted by molar-refractivity contribution is 0.0977. The Labute approximate surface area is 146 Å². The predicted octanol–water partition coefficient (Wildman–Crippen LogP) is 4.58. The van der Waals surface area contributed by atoms with Crippen molar-refractivity contribution in [2.75, 3.05) is 5.32 Å². The normalized spacial score (nSPS) is 10.4. The minimum Gasteiger partial charge on any atom is -0.332 e. The van der Waals surface area contributed by atoms with Crippen molar-refractivity contribution in [3.05, 3.63) is 77.4 Å². The van der Waals surface area contributed by atoms with Crippen LogP contribution in [0.2, 0.25) is 0 Å². The number of carbonyl (C=O) groups excluding carboxylic acids is 1. The summed E-state index contributed by atoms with van der Waals surface area (Å²) in [7, 11) is 0. The Balaban J connectivity index is 1.75. The second kappa shape index (κ2) is 6.81. The lowest BCUT2D eigenvalue weighted by atomic mass is 10.1. The van der Waals surface area contributed by atoms with E-state index in [1.807, 2.05) is 68.4 Å². The Kier molecular flexibility index (Phi) is 4.58. The molecule has 2 N–H and O–H groups in total. The molecular weight excluding hydrogens is 316 g/mol. The molecule has 0 fully saturated rings. The van der Waals surface area contributed by atoms with Crippen LogP contribution in [-0.2, 0) is 0 Å². The van der Waals surface area contributed by atoms with Gasteiger partial charge in [-0.3, -0.25) is 10.1 Å². The van der Waals surface area contributed by atoms with Gasteiger partial charge < -0.3 is 5.32 Å². The van der Waals surface area contributed by atoms with E-state index in [0.717, 1.165) is 27.6 Å². The van der Waals surface area contributed by atoms with Crippen LogP contribution in [0.25, 0.3) is 10.8 Å². The average Bonchev–Trinajstić information content (AvgIpc) is 2.57. The van der Waals surface area contributed by atoms with Gasteiger partial charge in [-0.25, -0.2) is 0 Å². The number of benzene rings is 3. The average molecular weight is 334 g/mol. The van der Waals surface area contributed by atoms with E-state index in [4.69, 9.17) is 12.2 Å². The fourth-order valence-corrected chi connectivity index (χ4v) is 2.75. The van der Waals surface area contributed by atoms with E-state index in [1.165, 1.54) is 0 Å². The number of amides is 1. The van der Waals surface area contributed by atoms with Crippen LogP contribution in [0, 0.1) is 13.8 Å². The maximum atomic E-state index is 12.3. The Morgan fingerprint density at radius 2 is 1.67 bits per heavy atom. The second-order valence-electron chi connectivity index (χ2n) is 5.73. The van der Waals surface area contributed by atoms with Crippen molar-refractivity contribution in [3.8, 4) is 0 Å². The number of hydrogen-bond donors (Lipinski definition) is 2. The van der Waals surface area contributed by atoms with Gasteiger partial charge in [0.2, 0.25) is 0 Å². The minimum atomic E-state index is -0.212. The third-order valence-corrected chi connectivity index (χ3v) is 4.24. The summed E-state index contributed by atoms with van der Waals surface area (Å²) < 4.78 is 0. The molecule has 3 rings (SSSR count). The van der Waals surface area contributed by atoms with Crippen LogP contribution in [-0.4, -0.2) is 11.0 Å². The van der Waals surface area contributed by atoms with Crippen LogP contribution in [0.3, 0.4) is 0 Å². The van der Waals surface area contributed by atoms with E-state index in [9.17, 15) is 4.79 Å². The molecule has 120 valence electrons. The third-order valence-electron chi connectivity index (χ3n) is 4.03. The van der Waals surface area contributed by atoms with Gasteiger partial charge in [0.05, 0.1) is 0 Å². The Hall–Kier alpha value is -2.72. The Morgan fingerprint density at radius 3 is 2.46 bits per heavy atom. The first-order valence-electron chi connectivity index (χ1n) is 7.72. The zero-order valence-corrected chi connectivity index (χ0v) is 14.4. The summed E-state index contributed by atoms with van der Waals surface area (Å²) in [6.07, 6.45) is 0. The number of hydrogen-bond acceptors (Lipinski definition) is 2. The van der Waals surface area contributed by atoms with Gasteiger partial charge in [0.1, 0.15) is 0 Å². The number of anilines is 1. The van der Waals surface area contributed by atoms with E-state index in [1.54, 1.807) is 6.07 Å². The van der Waals surface area contributed by atoms with E-state index in [0.29, 0.717) is 5.56 Å². The molecule has 0 atom stereocenters. The van der Waals surface area contributed by atoms with Crippen molar-refractivity contribution in [2.45, 2.75) is 13.8 Å². The van der Waals surface area contributed by atoms with E-state index >= 15 is 0 Å². The van der Waals surface area contributed by atoms with Gasteiger partial charge >= 0.3 is 0 Å². The SMILES string of the molecule is Cc1ccc(C(=O)NC(=S)Nc2cccc3ccccc23)cc1C. The summed E-state index contributed by atoms with van der Waals surface area (Å²) in [4.78, 5) is 12.3. The molecular formula is C20H18N2OS. The second-order valence-corrected chi connectivity index (χ2v) is 6.14. The van der Waals surface area contributed by atoms with Gasteiger partial charge in [0.25, 0.3) is 5.91 Å². The van der Waals surface area contributed by atoms with Crippen LogP contribution in [0.1, 0.15) is 21.5 Å². The Bertz CT molecular complexity index is 929. The van der Waals surface area contributed by atoms with Crippen molar-refractivity contribution in [1.82, 2.24) is 5.32 Å². The molecule has 3 nitrogen and oxygen atoms in total. The molecule has 3 aromatic rings. The smallest absolute Gasteiger partial charge is 0.257 e. The monoisotopic (exact) mass is 334 g/mol. The van der Waals surface area contributed by atoms with Crippen LogP contribution in [0.4, 0.5) is 5.69 Å². The van der Waals surface area contributed by atoms with Gasteiger partial charge in [0, 0.05) is 16.6 Å². The summed E-state index contributed by atoms with van der Waals surface area (Å²) in [5, 5.41) is 8.31. The fraction of sp³-hybridized carbons (Fsp3) is 0.100. The van der Waals surface area contributed by atoms with Crippen LogP contribution in [0.15, 0.2) is 60.7 Å². The molecule has 0 aliphatic carbocycles. The molecule has 0 heterocycles. The molecule has 0 bridgehead atoms. The lowest BCUT2D eigenvalue weighted by Crippen LogP contribution is -2.34. The summed E-state index contributed by atoms with van der Waals surface area (Å²) in [6, 6.07) is 19.6. The number of nitrogens with one attached hydrogen (secondary N) is 2. The molecule has 0 aliphatic heterocycles. The highest BCUT2D eigenvalue weighted by molar-refractivity contribution is 7.80. The first kappa shape index (κ1) is 16.1. The highest BCUT2D eigenvalue weighted by Gasteiger charge is 2.09. The fourth-order valence-electron chi connectivity index (χ4n) is 2.55. The molecule has 3 aromatic carbocycles. The molecule has 0 saturated heterocycles. The van der Waals surface area contributed by atoms with Gasteiger partial charge in [-0.05, 0) is 60.8 Å². The molecule has 0 aliphatic rings. The molecule has 1 amide bonds. The lowest BCUT2D eigenvalue weighted by Gasteiger charge is -2.12. The molecule has 0 aromatic heterocycles. The summed E-state index contributed by atoms with van der Waals surface area (Å²) in [5.41, 5.74) is 3.71. The van der Waals surface area contributed by atoms with Crippen molar-refractivity contribution >= 4 is 39.7 Å². The molecule has 4 heteroatoms. The number of thiocarbonyl (C=S) groups is 1. The minimum absolute atomic E-state index is 0.212. The van der Waals surface area contributed by atoms with Crippen molar-refractivity contribution in [2.24, 2.45) is 0 Å². The van der Waals surface area contributed by atoms with Crippen molar-refractivity contribution < 1.29 is 4.79 Å². The van der Waals surface area contributed by atoms with Crippen LogP contribution in [0.5, 0.6) is 0 Å². The maximum Gasteiger partial charge on any atom is 0.257 e. The topological polar surface area (TPSA) is 41.1 Å².